The van der Waals surface area contributed by atoms with Gasteiger partial charge in [-0.15, -0.1) is 0 Å². The molecule has 15 heavy (non-hydrogen) atoms. The highest BCUT2D eigenvalue weighted by atomic mass is 35.5. The summed E-state index contributed by atoms with van der Waals surface area (Å²) in [5.74, 6) is -0.999. The second-order valence-corrected chi connectivity index (χ2v) is 4.39. The number of ketones is 1. The lowest BCUT2D eigenvalue weighted by Crippen LogP contribution is -2.02. The highest BCUT2D eigenvalue weighted by Gasteiger charge is 2.27. The second kappa shape index (κ2) is 3.56. The predicted molar refractivity (Wildman–Crippen MR) is 58.8 cm³/mol. The molecule has 0 aromatic heterocycles. The van der Waals surface area contributed by atoms with E-state index in [-0.39, 0.29) is 31.2 Å². The van der Waals surface area contributed by atoms with Crippen LogP contribution >= 0.6 is 46.4 Å². The normalized spacial score (nSPS) is 14.1. The molecule has 78 valence electrons. The van der Waals surface area contributed by atoms with Crippen LogP contribution in [0.5, 0.6) is 0 Å². The van der Waals surface area contributed by atoms with Crippen LogP contribution in [0.25, 0.3) is 5.76 Å². The molecule has 0 fully saturated rings. The van der Waals surface area contributed by atoms with Crippen LogP contribution in [0.3, 0.4) is 0 Å². The summed E-state index contributed by atoms with van der Waals surface area (Å²) in [5, 5.41) is 11.3. The summed E-state index contributed by atoms with van der Waals surface area (Å²) in [5.41, 5.74) is 0.0575. The molecular weight excluding hydrogens is 282 g/mol. The van der Waals surface area contributed by atoms with Crippen molar-refractivity contribution in [3.63, 3.8) is 0 Å². The first-order valence-electron chi connectivity index (χ1n) is 3.74. The summed E-state index contributed by atoms with van der Waals surface area (Å²) in [7, 11) is 0. The minimum absolute atomic E-state index is 0.0152. The third-order valence-electron chi connectivity index (χ3n) is 2.02. The van der Waals surface area contributed by atoms with Gasteiger partial charge in [0.15, 0.2) is 5.78 Å². The van der Waals surface area contributed by atoms with Crippen molar-refractivity contribution in [2.75, 3.05) is 0 Å². The van der Waals surface area contributed by atoms with Crippen molar-refractivity contribution in [2.24, 2.45) is 0 Å². The van der Waals surface area contributed by atoms with E-state index in [0.29, 0.717) is 0 Å². The molecule has 0 aliphatic heterocycles. The maximum absolute atomic E-state index is 11.4. The Morgan fingerprint density at radius 1 is 0.867 bits per heavy atom. The SMILES string of the molecule is O=C1C=C([O-])c2c(Cl)c(Cl)c(Cl)c(Cl)c21. The molecule has 0 saturated carbocycles. The van der Waals surface area contributed by atoms with Crippen LogP contribution < -0.4 is 5.11 Å². The molecule has 0 N–H and O–H groups in total. The largest absolute Gasteiger partial charge is 0.872 e. The summed E-state index contributed by atoms with van der Waals surface area (Å²) in [6.07, 6.45) is 0.912. The van der Waals surface area contributed by atoms with Gasteiger partial charge in [0.25, 0.3) is 0 Å². The van der Waals surface area contributed by atoms with Crippen molar-refractivity contribution in [3.8, 4) is 0 Å². The number of fused-ring (bicyclic) bond motifs is 1. The molecule has 6 heteroatoms. The number of carbonyl (C=O) groups is 1. The molecule has 0 atom stereocenters. The predicted octanol–water partition coefficient (Wildman–Crippen LogP) is 3.20. The molecule has 0 heterocycles. The molecule has 0 spiro atoms. The monoisotopic (exact) mass is 281 g/mol. The van der Waals surface area contributed by atoms with Crippen molar-refractivity contribution in [2.45, 2.75) is 0 Å². The summed E-state index contributed by atoms with van der Waals surface area (Å²) in [4.78, 5) is 11.4. The first-order valence-corrected chi connectivity index (χ1v) is 5.25. The average Bonchev–Trinajstić information content (AvgIpc) is 2.47. The maximum atomic E-state index is 11.4. The van der Waals surface area contributed by atoms with Crippen LogP contribution in [0, 0.1) is 0 Å². The summed E-state index contributed by atoms with van der Waals surface area (Å²) in [6, 6.07) is 0. The van der Waals surface area contributed by atoms with E-state index in [0.717, 1.165) is 6.08 Å². The minimum atomic E-state index is -0.500. The third kappa shape index (κ3) is 1.44. The zero-order chi connectivity index (χ0) is 11.3. The zero-order valence-corrected chi connectivity index (χ0v) is 9.93. The summed E-state index contributed by atoms with van der Waals surface area (Å²) in [6.45, 7) is 0. The Labute approximate surface area is 105 Å². The fourth-order valence-electron chi connectivity index (χ4n) is 1.36. The molecule has 2 rings (SSSR count). The van der Waals surface area contributed by atoms with Crippen molar-refractivity contribution in [1.29, 1.82) is 0 Å². The van der Waals surface area contributed by atoms with Crippen molar-refractivity contribution in [3.05, 3.63) is 37.3 Å². The molecule has 1 aromatic carbocycles. The molecule has 1 aliphatic carbocycles. The van der Waals surface area contributed by atoms with Gasteiger partial charge in [0, 0.05) is 0 Å². The van der Waals surface area contributed by atoms with Gasteiger partial charge in [-0.3, -0.25) is 4.79 Å². The van der Waals surface area contributed by atoms with E-state index in [1.807, 2.05) is 0 Å². The fourth-order valence-corrected chi connectivity index (χ4v) is 2.40. The number of halogens is 4. The molecule has 0 radical (unpaired) electrons. The number of hydrogen-bond acceptors (Lipinski definition) is 2. The Kier molecular flexibility index (Phi) is 2.63. The molecule has 0 bridgehead atoms. The first kappa shape index (κ1) is 11.1. The van der Waals surface area contributed by atoms with E-state index in [2.05, 4.69) is 0 Å². The van der Waals surface area contributed by atoms with Gasteiger partial charge in [-0.05, 0) is 11.6 Å². The number of rotatable bonds is 0. The lowest BCUT2D eigenvalue weighted by Gasteiger charge is -2.14. The Morgan fingerprint density at radius 3 is 1.87 bits per heavy atom. The van der Waals surface area contributed by atoms with Crippen LogP contribution in [0.1, 0.15) is 15.9 Å². The maximum Gasteiger partial charge on any atom is 0.187 e. The number of hydrogen-bond donors (Lipinski definition) is 0. The third-order valence-corrected chi connectivity index (χ3v) is 3.82. The standard InChI is InChI=1S/C9H2Cl4O2/c10-6-4-2(14)1-3(15)5(4)7(11)9(13)8(6)12/h1,14H/p-1. The van der Waals surface area contributed by atoms with Gasteiger partial charge < -0.3 is 5.11 Å². The fraction of sp³-hybridized carbons (Fsp3) is 0. The average molecular weight is 283 g/mol. The van der Waals surface area contributed by atoms with Crippen molar-refractivity contribution < 1.29 is 9.90 Å². The Balaban J connectivity index is 2.92. The van der Waals surface area contributed by atoms with Gasteiger partial charge in [0.05, 0.1) is 25.7 Å². The van der Waals surface area contributed by atoms with Gasteiger partial charge in [-0.25, -0.2) is 0 Å². The summed E-state index contributed by atoms with van der Waals surface area (Å²) >= 11 is 23.1. The van der Waals surface area contributed by atoms with Gasteiger partial charge in [0.1, 0.15) is 0 Å². The van der Waals surface area contributed by atoms with Crippen LogP contribution in [0.4, 0.5) is 0 Å². The summed E-state index contributed by atoms with van der Waals surface area (Å²) < 4.78 is 0. The van der Waals surface area contributed by atoms with Gasteiger partial charge >= 0.3 is 0 Å². The van der Waals surface area contributed by atoms with E-state index in [4.69, 9.17) is 46.4 Å². The van der Waals surface area contributed by atoms with Gasteiger partial charge in [-0.2, -0.15) is 0 Å². The Bertz CT molecular complexity index is 520. The van der Waals surface area contributed by atoms with E-state index >= 15 is 0 Å². The van der Waals surface area contributed by atoms with Crippen LogP contribution in [0.15, 0.2) is 6.08 Å². The molecule has 1 aromatic rings. The topological polar surface area (TPSA) is 40.1 Å². The van der Waals surface area contributed by atoms with Gasteiger partial charge in [0.2, 0.25) is 0 Å². The van der Waals surface area contributed by atoms with Crippen molar-refractivity contribution >= 4 is 57.9 Å². The van der Waals surface area contributed by atoms with Crippen LogP contribution in [-0.4, -0.2) is 5.78 Å². The zero-order valence-electron chi connectivity index (χ0n) is 6.91. The quantitative estimate of drug-likeness (QED) is 0.542. The van der Waals surface area contributed by atoms with E-state index in [9.17, 15) is 9.90 Å². The van der Waals surface area contributed by atoms with Crippen molar-refractivity contribution in [1.82, 2.24) is 0 Å². The molecular formula is C9HCl4O2-. The Hall–Kier alpha value is -0.410. The lowest BCUT2D eigenvalue weighted by molar-refractivity contribution is -0.243. The molecule has 1 aliphatic rings. The van der Waals surface area contributed by atoms with E-state index in [1.54, 1.807) is 0 Å². The smallest absolute Gasteiger partial charge is 0.187 e. The van der Waals surface area contributed by atoms with E-state index < -0.39 is 11.5 Å². The second-order valence-electron chi connectivity index (χ2n) is 2.88. The number of benzene rings is 1. The number of allylic oxidation sites excluding steroid dienone is 1. The molecule has 0 amide bonds. The molecule has 2 nitrogen and oxygen atoms in total. The van der Waals surface area contributed by atoms with E-state index in [1.165, 1.54) is 0 Å². The van der Waals surface area contributed by atoms with Crippen LogP contribution in [0.2, 0.25) is 20.1 Å². The highest BCUT2D eigenvalue weighted by Crippen LogP contribution is 2.45. The van der Waals surface area contributed by atoms with Crippen LogP contribution in [-0.2, 0) is 0 Å². The lowest BCUT2D eigenvalue weighted by atomic mass is 10.1. The minimum Gasteiger partial charge on any atom is -0.872 e. The van der Waals surface area contributed by atoms with Gasteiger partial charge in [-0.1, -0.05) is 52.2 Å². The Morgan fingerprint density at radius 2 is 1.33 bits per heavy atom. The highest BCUT2D eigenvalue weighted by molar-refractivity contribution is 6.54. The number of carbonyl (C=O) groups excluding carboxylic acids is 1. The first-order chi connectivity index (χ1) is 6.95. The molecule has 0 unspecified atom stereocenters. The molecule has 0 saturated heterocycles.